The van der Waals surface area contributed by atoms with E-state index in [0.717, 1.165) is 11.6 Å². The van der Waals surface area contributed by atoms with Gasteiger partial charge in [-0.2, -0.15) is 0 Å². The number of carbonyl (C=O) groups is 1. The normalized spacial score (nSPS) is 21.6. The van der Waals surface area contributed by atoms with E-state index in [2.05, 4.69) is 5.32 Å². The Kier molecular flexibility index (Phi) is 7.94. The third-order valence-electron chi connectivity index (χ3n) is 7.53. The van der Waals surface area contributed by atoms with Gasteiger partial charge in [-0.25, -0.2) is 17.6 Å². The fourth-order valence-corrected chi connectivity index (χ4v) is 5.68. The zero-order valence-electron chi connectivity index (χ0n) is 21.2. The lowest BCUT2D eigenvalue weighted by molar-refractivity contribution is 0.00798. The number of benzene rings is 3. The van der Waals surface area contributed by atoms with E-state index < -0.39 is 40.5 Å². The van der Waals surface area contributed by atoms with Crippen LogP contribution < -0.4 is 20.5 Å². The van der Waals surface area contributed by atoms with Crippen LogP contribution in [-0.2, 0) is 12.0 Å². The Morgan fingerprint density at radius 1 is 1.18 bits per heavy atom. The summed E-state index contributed by atoms with van der Waals surface area (Å²) in [5, 5.41) is 12.0. The lowest BCUT2D eigenvalue weighted by atomic mass is 9.79. The second-order valence-electron chi connectivity index (χ2n) is 10.0. The van der Waals surface area contributed by atoms with Crippen molar-refractivity contribution >= 4 is 17.5 Å². The smallest absolute Gasteiger partial charge is 0.249 e. The average molecular weight is 579 g/mol. The standard InChI is InChI=1S/C29H27ClF4N2O4/c30-25-20(31)12-22-19(23(25)24-18(28(35)38)6-7-21(26(24)32)39-9-8-37)13-29(40-22,16-4-2-1-3-5-16)14-36-17-10-15(11-17)27(33)34/h1-7,12,15,17,27,36-37H,8-11,13-14H2,(H2,35,38)/t15?,17?,29-/m0/s1. The number of hydrogen-bond acceptors (Lipinski definition) is 5. The second kappa shape index (κ2) is 11.3. The highest BCUT2D eigenvalue weighted by Gasteiger charge is 2.45. The van der Waals surface area contributed by atoms with Gasteiger partial charge >= 0.3 is 0 Å². The minimum atomic E-state index is -2.38. The molecule has 40 heavy (non-hydrogen) atoms. The first-order valence-electron chi connectivity index (χ1n) is 12.8. The maximum absolute atomic E-state index is 15.9. The molecule has 1 fully saturated rings. The van der Waals surface area contributed by atoms with Gasteiger partial charge in [-0.15, -0.1) is 0 Å². The Labute approximate surface area is 233 Å². The Hall–Kier alpha value is -3.34. The monoisotopic (exact) mass is 578 g/mol. The van der Waals surface area contributed by atoms with E-state index in [4.69, 9.17) is 31.9 Å². The predicted octanol–water partition coefficient (Wildman–Crippen LogP) is 5.22. The van der Waals surface area contributed by atoms with Gasteiger partial charge in [-0.3, -0.25) is 4.79 Å². The van der Waals surface area contributed by atoms with E-state index >= 15 is 8.78 Å². The Morgan fingerprint density at radius 3 is 2.55 bits per heavy atom. The summed E-state index contributed by atoms with van der Waals surface area (Å²) in [6, 6.07) is 12.5. The minimum Gasteiger partial charge on any atom is -0.488 e. The molecule has 5 rings (SSSR count). The summed E-state index contributed by atoms with van der Waals surface area (Å²) in [4.78, 5) is 12.4. The molecule has 1 amide bonds. The summed E-state index contributed by atoms with van der Waals surface area (Å²) < 4.78 is 68.9. The van der Waals surface area contributed by atoms with Crippen LogP contribution in [0.25, 0.3) is 11.1 Å². The number of halogens is 5. The van der Waals surface area contributed by atoms with Gasteiger partial charge < -0.3 is 25.6 Å². The molecular weight excluding hydrogens is 552 g/mol. The molecule has 1 aliphatic heterocycles. The number of alkyl halides is 2. The van der Waals surface area contributed by atoms with Crippen LogP contribution in [0.5, 0.6) is 11.5 Å². The SMILES string of the molecule is NC(=O)c1ccc(OCCO)c(F)c1-c1c(Cl)c(F)cc2c1C[C@](CNC1CC(C(F)F)C1)(c1ccccc1)O2. The first-order valence-corrected chi connectivity index (χ1v) is 13.2. The number of aliphatic hydroxyl groups excluding tert-OH is 1. The first-order chi connectivity index (χ1) is 19.1. The molecule has 1 atom stereocenters. The highest BCUT2D eigenvalue weighted by molar-refractivity contribution is 6.34. The molecule has 1 saturated carbocycles. The molecule has 1 aliphatic carbocycles. The van der Waals surface area contributed by atoms with E-state index in [0.29, 0.717) is 18.4 Å². The Bertz CT molecular complexity index is 1420. The van der Waals surface area contributed by atoms with Gasteiger partial charge in [0.05, 0.1) is 17.2 Å². The molecular formula is C29H27ClF4N2O4. The van der Waals surface area contributed by atoms with Crippen LogP contribution in [0.1, 0.15) is 34.3 Å². The highest BCUT2D eigenvalue weighted by atomic mass is 35.5. The molecule has 0 unspecified atom stereocenters. The number of carbonyl (C=O) groups excluding carboxylic acids is 1. The Morgan fingerprint density at radius 2 is 1.90 bits per heavy atom. The molecule has 11 heteroatoms. The molecule has 0 bridgehead atoms. The lowest BCUT2D eigenvalue weighted by Crippen LogP contribution is -2.50. The minimum absolute atomic E-state index is 0.0955. The van der Waals surface area contributed by atoms with E-state index in [1.807, 2.05) is 18.2 Å². The topological polar surface area (TPSA) is 93.8 Å². The number of aliphatic hydroxyl groups is 1. The van der Waals surface area contributed by atoms with Crippen LogP contribution in [0.3, 0.4) is 0 Å². The van der Waals surface area contributed by atoms with Crippen LogP contribution >= 0.6 is 11.6 Å². The Balaban J connectivity index is 1.60. The van der Waals surface area contributed by atoms with Gasteiger partial charge in [-0.1, -0.05) is 41.9 Å². The summed E-state index contributed by atoms with van der Waals surface area (Å²) in [6.07, 6.45) is -1.66. The fourth-order valence-electron chi connectivity index (χ4n) is 5.42. The van der Waals surface area contributed by atoms with E-state index in [1.165, 1.54) is 12.1 Å². The van der Waals surface area contributed by atoms with Crippen molar-refractivity contribution < 1.29 is 36.9 Å². The third-order valence-corrected chi connectivity index (χ3v) is 7.90. The quantitative estimate of drug-likeness (QED) is 0.287. The van der Waals surface area contributed by atoms with Crippen molar-refractivity contribution in [2.45, 2.75) is 37.3 Å². The average Bonchev–Trinajstić information content (AvgIpc) is 3.27. The second-order valence-corrected chi connectivity index (χ2v) is 10.4. The van der Waals surface area contributed by atoms with Gasteiger partial charge in [0.2, 0.25) is 12.3 Å². The van der Waals surface area contributed by atoms with E-state index in [1.54, 1.807) is 12.1 Å². The van der Waals surface area contributed by atoms with Crippen LogP contribution in [0.4, 0.5) is 17.6 Å². The molecule has 6 nitrogen and oxygen atoms in total. The maximum atomic E-state index is 15.9. The van der Waals surface area contributed by atoms with Crippen LogP contribution in [-0.4, -0.2) is 43.2 Å². The third kappa shape index (κ3) is 5.11. The molecule has 212 valence electrons. The summed E-state index contributed by atoms with van der Waals surface area (Å²) >= 11 is 6.44. The summed E-state index contributed by atoms with van der Waals surface area (Å²) in [5.41, 5.74) is 4.83. The zero-order valence-corrected chi connectivity index (χ0v) is 22.0. The number of amides is 1. The summed E-state index contributed by atoms with van der Waals surface area (Å²) in [6.45, 7) is -0.418. The van der Waals surface area contributed by atoms with Gasteiger partial charge in [0, 0.05) is 47.7 Å². The predicted molar refractivity (Wildman–Crippen MR) is 141 cm³/mol. The largest absolute Gasteiger partial charge is 0.488 e. The van der Waals surface area contributed by atoms with Gasteiger partial charge in [0.15, 0.2) is 17.2 Å². The molecule has 0 radical (unpaired) electrons. The molecule has 0 aromatic heterocycles. The number of nitrogens with two attached hydrogens (primary N) is 1. The first kappa shape index (κ1) is 28.2. The van der Waals surface area contributed by atoms with Crippen LogP contribution in [0.15, 0.2) is 48.5 Å². The lowest BCUT2D eigenvalue weighted by Gasteiger charge is -2.38. The maximum Gasteiger partial charge on any atom is 0.249 e. The van der Waals surface area contributed by atoms with Crippen molar-refractivity contribution in [3.8, 4) is 22.6 Å². The molecule has 2 aliphatic rings. The van der Waals surface area contributed by atoms with Crippen molar-refractivity contribution in [3.05, 3.63) is 81.9 Å². The van der Waals surface area contributed by atoms with Crippen LogP contribution in [0, 0.1) is 17.6 Å². The van der Waals surface area contributed by atoms with E-state index in [9.17, 15) is 13.6 Å². The number of fused-ring (bicyclic) bond motifs is 1. The van der Waals surface area contributed by atoms with Crippen molar-refractivity contribution in [1.29, 1.82) is 0 Å². The number of rotatable bonds is 10. The summed E-state index contributed by atoms with van der Waals surface area (Å²) in [7, 11) is 0. The molecule has 0 saturated heterocycles. The van der Waals surface area contributed by atoms with Crippen LogP contribution in [0.2, 0.25) is 5.02 Å². The van der Waals surface area contributed by atoms with Gasteiger partial charge in [0.25, 0.3) is 0 Å². The molecule has 4 N–H and O–H groups in total. The number of nitrogens with one attached hydrogen (secondary N) is 1. The molecule has 1 heterocycles. The van der Waals surface area contributed by atoms with Crippen molar-refractivity contribution in [2.75, 3.05) is 19.8 Å². The van der Waals surface area contributed by atoms with Crippen molar-refractivity contribution in [1.82, 2.24) is 5.32 Å². The number of primary amides is 1. The van der Waals surface area contributed by atoms with Gasteiger partial charge in [0.1, 0.15) is 18.2 Å². The molecule has 0 spiro atoms. The molecule has 3 aromatic carbocycles. The van der Waals surface area contributed by atoms with Crippen molar-refractivity contribution in [3.63, 3.8) is 0 Å². The zero-order chi connectivity index (χ0) is 28.6. The fraction of sp³-hybridized carbons (Fsp3) is 0.345. The highest BCUT2D eigenvalue weighted by Crippen LogP contribution is 2.50. The number of ether oxygens (including phenoxy) is 2. The van der Waals surface area contributed by atoms with Crippen molar-refractivity contribution in [2.24, 2.45) is 11.7 Å². The number of hydrogen-bond donors (Lipinski definition) is 3. The van der Waals surface area contributed by atoms with E-state index in [-0.39, 0.29) is 60.4 Å². The van der Waals surface area contributed by atoms with Gasteiger partial charge in [-0.05, 0) is 30.5 Å². The molecule has 3 aromatic rings. The summed E-state index contributed by atoms with van der Waals surface area (Å²) in [5.74, 6) is -3.72.